The molecule has 3 heterocycles. The van der Waals surface area contributed by atoms with Crippen LogP contribution < -0.4 is 11.1 Å². The summed E-state index contributed by atoms with van der Waals surface area (Å²) in [4.78, 5) is 30.0. The lowest BCUT2D eigenvalue weighted by molar-refractivity contribution is -0.119. The van der Waals surface area contributed by atoms with E-state index in [1.165, 1.54) is 18.3 Å². The maximum absolute atomic E-state index is 12.6. The van der Waals surface area contributed by atoms with Gasteiger partial charge in [0.25, 0.3) is 5.91 Å². The number of fused-ring (bicyclic) bond motifs is 1. The summed E-state index contributed by atoms with van der Waals surface area (Å²) in [5, 5.41) is 3.72. The van der Waals surface area contributed by atoms with Gasteiger partial charge >= 0.3 is 0 Å². The van der Waals surface area contributed by atoms with Gasteiger partial charge in [-0.2, -0.15) is 0 Å². The fourth-order valence-corrected chi connectivity index (χ4v) is 3.68. The van der Waals surface area contributed by atoms with Crippen LogP contribution in [0.5, 0.6) is 0 Å². The molecule has 110 valence electrons. The van der Waals surface area contributed by atoms with Gasteiger partial charge in [-0.3, -0.25) is 14.6 Å². The average molecular weight is 304 g/mol. The van der Waals surface area contributed by atoms with Gasteiger partial charge in [0, 0.05) is 43.8 Å². The number of nitrogens with zero attached hydrogens (tertiary/aromatic N) is 2. The Bertz CT molecular complexity index is 712. The molecule has 1 saturated heterocycles. The molecule has 1 aliphatic heterocycles. The predicted molar refractivity (Wildman–Crippen MR) is 82.2 cm³/mol. The van der Waals surface area contributed by atoms with E-state index in [1.807, 2.05) is 6.07 Å². The Kier molecular flexibility index (Phi) is 3.50. The molecule has 0 aromatic carbocycles. The maximum atomic E-state index is 12.6. The van der Waals surface area contributed by atoms with Gasteiger partial charge in [-0.05, 0) is 12.5 Å². The quantitative estimate of drug-likeness (QED) is 0.873. The first kappa shape index (κ1) is 13.8. The number of aromatic nitrogens is 1. The highest BCUT2D eigenvalue weighted by molar-refractivity contribution is 7.21. The monoisotopic (exact) mass is 304 g/mol. The second-order valence-electron chi connectivity index (χ2n) is 5.15. The largest absolute Gasteiger partial charge is 0.397 e. The highest BCUT2D eigenvalue weighted by Gasteiger charge is 2.29. The number of carbonyl (C=O) groups excluding carboxylic acids is 2. The lowest BCUT2D eigenvalue weighted by Crippen LogP contribution is -2.37. The van der Waals surface area contributed by atoms with Crippen molar-refractivity contribution in [2.75, 3.05) is 18.8 Å². The Balaban J connectivity index is 1.81. The summed E-state index contributed by atoms with van der Waals surface area (Å²) < 4.78 is 0.913. The zero-order valence-electron chi connectivity index (χ0n) is 11.6. The molecule has 2 aromatic heterocycles. The van der Waals surface area contributed by atoms with Gasteiger partial charge < -0.3 is 16.0 Å². The van der Waals surface area contributed by atoms with E-state index in [0.717, 1.165) is 16.5 Å². The van der Waals surface area contributed by atoms with Gasteiger partial charge in [0.05, 0.1) is 10.4 Å². The summed E-state index contributed by atoms with van der Waals surface area (Å²) in [7, 11) is 0. The number of nitrogens with one attached hydrogen (secondary N) is 1. The molecule has 3 N–H and O–H groups in total. The topological polar surface area (TPSA) is 88.3 Å². The second-order valence-corrected chi connectivity index (χ2v) is 6.21. The molecule has 1 atom stereocenters. The van der Waals surface area contributed by atoms with E-state index in [4.69, 9.17) is 5.73 Å². The van der Waals surface area contributed by atoms with Crippen molar-refractivity contribution in [1.29, 1.82) is 0 Å². The zero-order valence-corrected chi connectivity index (χ0v) is 12.4. The number of anilines is 1. The van der Waals surface area contributed by atoms with Crippen molar-refractivity contribution in [1.82, 2.24) is 15.2 Å². The third-order valence-corrected chi connectivity index (χ3v) is 4.75. The van der Waals surface area contributed by atoms with Crippen LogP contribution in [0.4, 0.5) is 5.69 Å². The number of rotatable bonds is 2. The summed E-state index contributed by atoms with van der Waals surface area (Å²) in [5.41, 5.74) is 6.61. The van der Waals surface area contributed by atoms with E-state index < -0.39 is 0 Å². The molecule has 1 fully saturated rings. The van der Waals surface area contributed by atoms with Gasteiger partial charge in [0.2, 0.25) is 5.91 Å². The van der Waals surface area contributed by atoms with Crippen LogP contribution in [0.1, 0.15) is 23.0 Å². The van der Waals surface area contributed by atoms with Crippen LogP contribution >= 0.6 is 11.3 Å². The van der Waals surface area contributed by atoms with E-state index in [-0.39, 0.29) is 17.9 Å². The standard InChI is InChI=1S/C14H16N4O2S/c1-8(19)17-9-3-5-18(7-9)14(20)13-12(15)10-2-4-16-6-11(10)21-13/h2,4,6,9H,3,5,7,15H2,1H3,(H,17,19). The fraction of sp³-hybridized carbons (Fsp3) is 0.357. The number of amides is 2. The number of nitrogen functional groups attached to an aromatic ring is 1. The molecule has 7 heteroatoms. The maximum Gasteiger partial charge on any atom is 0.266 e. The number of likely N-dealkylation sites (tertiary alicyclic amines) is 1. The molecule has 2 aromatic rings. The Morgan fingerprint density at radius 1 is 1.52 bits per heavy atom. The van der Waals surface area contributed by atoms with Crippen molar-refractivity contribution in [3.05, 3.63) is 23.3 Å². The Morgan fingerprint density at radius 3 is 3.05 bits per heavy atom. The minimum absolute atomic E-state index is 0.0312. The fourth-order valence-electron chi connectivity index (χ4n) is 2.62. The average Bonchev–Trinajstić information content (AvgIpc) is 3.03. The smallest absolute Gasteiger partial charge is 0.266 e. The Morgan fingerprint density at radius 2 is 2.33 bits per heavy atom. The Hall–Kier alpha value is -2.15. The van der Waals surface area contributed by atoms with Gasteiger partial charge in [-0.1, -0.05) is 0 Å². The van der Waals surface area contributed by atoms with Crippen molar-refractivity contribution in [2.45, 2.75) is 19.4 Å². The highest BCUT2D eigenvalue weighted by atomic mass is 32.1. The second kappa shape index (κ2) is 5.33. The van der Waals surface area contributed by atoms with E-state index in [2.05, 4.69) is 10.3 Å². The minimum Gasteiger partial charge on any atom is -0.397 e. The van der Waals surface area contributed by atoms with Crippen molar-refractivity contribution in [3.63, 3.8) is 0 Å². The minimum atomic E-state index is -0.0680. The molecule has 0 bridgehead atoms. The molecule has 1 aliphatic rings. The summed E-state index contributed by atoms with van der Waals surface area (Å²) in [6, 6.07) is 1.85. The third-order valence-electron chi connectivity index (χ3n) is 3.61. The van der Waals surface area contributed by atoms with E-state index in [1.54, 1.807) is 17.3 Å². The van der Waals surface area contributed by atoms with Crippen molar-refractivity contribution < 1.29 is 9.59 Å². The molecular weight excluding hydrogens is 288 g/mol. The number of hydrogen-bond acceptors (Lipinski definition) is 5. The lowest BCUT2D eigenvalue weighted by atomic mass is 10.2. The van der Waals surface area contributed by atoms with Crippen LogP contribution in [-0.4, -0.2) is 40.8 Å². The van der Waals surface area contributed by atoms with Crippen LogP contribution in [0.25, 0.3) is 10.1 Å². The molecule has 21 heavy (non-hydrogen) atoms. The van der Waals surface area contributed by atoms with Crippen molar-refractivity contribution in [2.24, 2.45) is 0 Å². The summed E-state index contributed by atoms with van der Waals surface area (Å²) >= 11 is 1.37. The van der Waals surface area contributed by atoms with Crippen LogP contribution in [0.15, 0.2) is 18.5 Å². The first-order valence-electron chi connectivity index (χ1n) is 6.74. The van der Waals surface area contributed by atoms with Crippen LogP contribution in [0, 0.1) is 0 Å². The van der Waals surface area contributed by atoms with Crippen LogP contribution in [-0.2, 0) is 4.79 Å². The molecule has 2 amide bonds. The van der Waals surface area contributed by atoms with E-state index >= 15 is 0 Å². The van der Waals surface area contributed by atoms with Gasteiger partial charge in [-0.15, -0.1) is 11.3 Å². The molecule has 3 rings (SSSR count). The van der Waals surface area contributed by atoms with E-state index in [0.29, 0.717) is 23.7 Å². The molecule has 1 unspecified atom stereocenters. The predicted octanol–water partition coefficient (Wildman–Crippen LogP) is 1.23. The molecule has 0 aliphatic carbocycles. The van der Waals surface area contributed by atoms with Crippen molar-refractivity contribution >= 4 is 38.9 Å². The van der Waals surface area contributed by atoms with Crippen LogP contribution in [0.3, 0.4) is 0 Å². The molecule has 6 nitrogen and oxygen atoms in total. The molecular formula is C14H16N4O2S. The molecule has 0 spiro atoms. The summed E-state index contributed by atoms with van der Waals surface area (Å²) in [6.45, 7) is 2.65. The molecule has 0 radical (unpaired) electrons. The van der Waals surface area contributed by atoms with Gasteiger partial charge in [-0.25, -0.2) is 0 Å². The Labute approximate surface area is 125 Å². The van der Waals surface area contributed by atoms with Gasteiger partial charge in [0.15, 0.2) is 0 Å². The first-order valence-corrected chi connectivity index (χ1v) is 7.56. The van der Waals surface area contributed by atoms with Gasteiger partial charge in [0.1, 0.15) is 4.88 Å². The first-order chi connectivity index (χ1) is 10.1. The van der Waals surface area contributed by atoms with E-state index in [9.17, 15) is 9.59 Å². The summed E-state index contributed by atoms with van der Waals surface area (Å²) in [5.74, 6) is -0.136. The zero-order chi connectivity index (χ0) is 15.0. The number of pyridine rings is 1. The SMILES string of the molecule is CC(=O)NC1CCN(C(=O)c2sc3cnccc3c2N)C1. The highest BCUT2D eigenvalue weighted by Crippen LogP contribution is 2.34. The summed E-state index contributed by atoms with van der Waals surface area (Å²) in [6.07, 6.45) is 4.16. The lowest BCUT2D eigenvalue weighted by Gasteiger charge is -2.16. The number of thiophene rings is 1. The number of nitrogens with two attached hydrogens (primary N) is 1. The number of carbonyl (C=O) groups is 2. The number of hydrogen-bond donors (Lipinski definition) is 2. The molecule has 0 saturated carbocycles. The van der Waals surface area contributed by atoms with Crippen molar-refractivity contribution in [3.8, 4) is 0 Å². The third kappa shape index (κ3) is 2.56. The van der Waals surface area contributed by atoms with Crippen LogP contribution in [0.2, 0.25) is 0 Å². The normalized spacial score (nSPS) is 18.1.